The van der Waals surface area contributed by atoms with Gasteiger partial charge >= 0.3 is 0 Å². The van der Waals surface area contributed by atoms with Crippen LogP contribution in [0.2, 0.25) is 0 Å². The van der Waals surface area contributed by atoms with Crippen LogP contribution in [0.15, 0.2) is 121 Å². The smallest absolute Gasteiger partial charge is 0.0573 e. The molecule has 0 saturated carbocycles. The standard InChI is InChI=1S/C32H36N2O/c33-30(21-26-13-5-1-6-14-26)22-31(35)23-32(29-19-11-4-12-20-29)34(24-27-15-7-2-8-16-27)25-28-17-9-3-10-18-28/h1-20,30-32,35H,21-25,33H2. The number of aliphatic hydroxyl groups excluding tert-OH is 1. The van der Waals surface area contributed by atoms with Crippen LogP contribution in [0.5, 0.6) is 0 Å². The predicted molar refractivity (Wildman–Crippen MR) is 145 cm³/mol. The topological polar surface area (TPSA) is 49.5 Å². The molecule has 0 amide bonds. The van der Waals surface area contributed by atoms with Crippen molar-refractivity contribution in [3.05, 3.63) is 144 Å². The zero-order chi connectivity index (χ0) is 24.3. The second-order valence-electron chi connectivity index (χ2n) is 9.38. The number of hydrogen-bond donors (Lipinski definition) is 2. The van der Waals surface area contributed by atoms with Gasteiger partial charge in [0, 0.05) is 25.2 Å². The van der Waals surface area contributed by atoms with Crippen LogP contribution in [0.4, 0.5) is 0 Å². The van der Waals surface area contributed by atoms with E-state index in [1.807, 2.05) is 24.3 Å². The molecule has 180 valence electrons. The quantitative estimate of drug-likeness (QED) is 0.265. The van der Waals surface area contributed by atoms with Gasteiger partial charge in [0.25, 0.3) is 0 Å². The van der Waals surface area contributed by atoms with E-state index in [2.05, 4.69) is 102 Å². The van der Waals surface area contributed by atoms with Crippen LogP contribution < -0.4 is 5.73 Å². The molecule has 3 heteroatoms. The molecule has 0 aliphatic carbocycles. The highest BCUT2D eigenvalue weighted by atomic mass is 16.3. The van der Waals surface area contributed by atoms with Crippen molar-refractivity contribution < 1.29 is 5.11 Å². The van der Waals surface area contributed by atoms with Gasteiger partial charge in [-0.1, -0.05) is 121 Å². The molecule has 0 spiro atoms. The van der Waals surface area contributed by atoms with Crippen LogP contribution >= 0.6 is 0 Å². The Hall–Kier alpha value is -3.24. The maximum atomic E-state index is 11.2. The number of rotatable bonds is 12. The highest BCUT2D eigenvalue weighted by Gasteiger charge is 2.25. The van der Waals surface area contributed by atoms with Crippen LogP contribution in [0.3, 0.4) is 0 Å². The van der Waals surface area contributed by atoms with Crippen molar-refractivity contribution in [3.63, 3.8) is 0 Å². The third kappa shape index (κ3) is 7.90. The van der Waals surface area contributed by atoms with Gasteiger partial charge in [-0.05, 0) is 41.5 Å². The van der Waals surface area contributed by atoms with Gasteiger partial charge in [-0.15, -0.1) is 0 Å². The molecule has 0 fully saturated rings. The maximum Gasteiger partial charge on any atom is 0.0573 e. The van der Waals surface area contributed by atoms with E-state index in [1.54, 1.807) is 0 Å². The lowest BCUT2D eigenvalue weighted by molar-refractivity contribution is 0.0822. The van der Waals surface area contributed by atoms with Gasteiger partial charge in [0.15, 0.2) is 0 Å². The van der Waals surface area contributed by atoms with Crippen LogP contribution in [0.1, 0.15) is 41.1 Å². The monoisotopic (exact) mass is 464 g/mol. The van der Waals surface area contributed by atoms with Gasteiger partial charge in [0.2, 0.25) is 0 Å². The molecule has 3 N–H and O–H groups in total. The number of hydrogen-bond acceptors (Lipinski definition) is 3. The number of nitrogens with zero attached hydrogens (tertiary/aromatic N) is 1. The van der Waals surface area contributed by atoms with E-state index in [9.17, 15) is 5.11 Å². The van der Waals surface area contributed by atoms with Crippen LogP contribution in [0.25, 0.3) is 0 Å². The van der Waals surface area contributed by atoms with E-state index in [0.29, 0.717) is 12.8 Å². The SMILES string of the molecule is NC(Cc1ccccc1)CC(O)CC(c1ccccc1)N(Cc1ccccc1)Cc1ccccc1. The molecule has 0 saturated heterocycles. The highest BCUT2D eigenvalue weighted by Crippen LogP contribution is 2.30. The summed E-state index contributed by atoms with van der Waals surface area (Å²) >= 11 is 0. The Labute approximate surface area is 209 Å². The second-order valence-corrected chi connectivity index (χ2v) is 9.38. The molecule has 4 aromatic rings. The summed E-state index contributed by atoms with van der Waals surface area (Å²) in [7, 11) is 0. The third-order valence-corrected chi connectivity index (χ3v) is 6.49. The van der Waals surface area contributed by atoms with E-state index >= 15 is 0 Å². The second kappa shape index (κ2) is 13.0. The summed E-state index contributed by atoms with van der Waals surface area (Å²) < 4.78 is 0. The fourth-order valence-corrected chi connectivity index (χ4v) is 4.79. The Morgan fingerprint density at radius 2 is 1.00 bits per heavy atom. The van der Waals surface area contributed by atoms with Gasteiger partial charge in [0.1, 0.15) is 0 Å². The van der Waals surface area contributed by atoms with Crippen molar-refractivity contribution in [2.24, 2.45) is 5.73 Å². The summed E-state index contributed by atoms with van der Waals surface area (Å²) in [5.41, 5.74) is 11.4. The molecule has 0 aromatic heterocycles. The highest BCUT2D eigenvalue weighted by molar-refractivity contribution is 5.23. The molecule has 0 aliphatic rings. The first-order chi connectivity index (χ1) is 17.2. The van der Waals surface area contributed by atoms with Gasteiger partial charge in [-0.25, -0.2) is 0 Å². The van der Waals surface area contributed by atoms with E-state index in [4.69, 9.17) is 5.73 Å². The first kappa shape index (κ1) is 24.9. The van der Waals surface area contributed by atoms with Gasteiger partial charge in [-0.3, -0.25) is 4.90 Å². The number of benzene rings is 4. The van der Waals surface area contributed by atoms with Gasteiger partial charge in [0.05, 0.1) is 6.10 Å². The zero-order valence-corrected chi connectivity index (χ0v) is 20.3. The minimum absolute atomic E-state index is 0.0653. The molecule has 4 rings (SSSR count). The fraction of sp³-hybridized carbons (Fsp3) is 0.250. The van der Waals surface area contributed by atoms with Crippen LogP contribution in [-0.2, 0) is 19.5 Å². The molecule has 35 heavy (non-hydrogen) atoms. The Kier molecular flexibility index (Phi) is 9.24. The third-order valence-electron chi connectivity index (χ3n) is 6.49. The molecule has 3 unspecified atom stereocenters. The van der Waals surface area contributed by atoms with Crippen molar-refractivity contribution in [2.45, 2.75) is 50.5 Å². The largest absolute Gasteiger partial charge is 0.393 e. The average Bonchev–Trinajstić information content (AvgIpc) is 2.89. The summed E-state index contributed by atoms with van der Waals surface area (Å²) in [6, 6.07) is 42.0. The summed E-state index contributed by atoms with van der Waals surface area (Å²) in [6.45, 7) is 1.61. The molecule has 4 aromatic carbocycles. The molecule has 3 atom stereocenters. The lowest BCUT2D eigenvalue weighted by Gasteiger charge is -2.34. The van der Waals surface area contributed by atoms with Crippen molar-refractivity contribution in [1.29, 1.82) is 0 Å². The Bertz CT molecular complexity index is 1060. The van der Waals surface area contributed by atoms with Crippen LogP contribution in [0, 0.1) is 0 Å². The summed E-state index contributed by atoms with van der Waals surface area (Å²) in [6.07, 6.45) is 1.48. The number of nitrogens with two attached hydrogens (primary N) is 1. The van der Waals surface area contributed by atoms with Crippen molar-refractivity contribution in [3.8, 4) is 0 Å². The lowest BCUT2D eigenvalue weighted by Crippen LogP contribution is -2.34. The van der Waals surface area contributed by atoms with Crippen molar-refractivity contribution >= 4 is 0 Å². The Balaban J connectivity index is 1.54. The summed E-state index contributed by atoms with van der Waals surface area (Å²) in [5, 5.41) is 11.2. The van der Waals surface area contributed by atoms with Gasteiger partial charge < -0.3 is 10.8 Å². The van der Waals surface area contributed by atoms with E-state index < -0.39 is 6.10 Å². The molecule has 0 radical (unpaired) electrons. The first-order valence-electron chi connectivity index (χ1n) is 12.5. The minimum atomic E-state index is -0.493. The van der Waals surface area contributed by atoms with Crippen molar-refractivity contribution in [2.75, 3.05) is 0 Å². The van der Waals surface area contributed by atoms with Gasteiger partial charge in [-0.2, -0.15) is 0 Å². The normalized spacial score (nSPS) is 13.9. The number of aliphatic hydroxyl groups is 1. The Morgan fingerprint density at radius 3 is 1.49 bits per heavy atom. The van der Waals surface area contributed by atoms with E-state index in [0.717, 1.165) is 19.5 Å². The van der Waals surface area contributed by atoms with E-state index in [1.165, 1.54) is 22.3 Å². The minimum Gasteiger partial charge on any atom is -0.393 e. The molecular weight excluding hydrogens is 428 g/mol. The lowest BCUT2D eigenvalue weighted by atomic mass is 9.93. The molecule has 0 heterocycles. The molecule has 0 bridgehead atoms. The molecule has 3 nitrogen and oxygen atoms in total. The summed E-state index contributed by atoms with van der Waals surface area (Å²) in [5.74, 6) is 0. The fourth-order valence-electron chi connectivity index (χ4n) is 4.79. The van der Waals surface area contributed by atoms with Crippen molar-refractivity contribution in [1.82, 2.24) is 4.90 Å². The zero-order valence-electron chi connectivity index (χ0n) is 20.3. The van der Waals surface area contributed by atoms with Crippen LogP contribution in [-0.4, -0.2) is 22.2 Å². The molecule has 0 aliphatic heterocycles. The average molecular weight is 465 g/mol. The molecular formula is C32H36N2O. The first-order valence-corrected chi connectivity index (χ1v) is 12.5. The maximum absolute atomic E-state index is 11.2. The predicted octanol–water partition coefficient (Wildman–Crippen LogP) is 6.14. The van der Waals surface area contributed by atoms with E-state index in [-0.39, 0.29) is 12.1 Å². The Morgan fingerprint density at radius 1 is 0.571 bits per heavy atom. The summed E-state index contributed by atoms with van der Waals surface area (Å²) in [4.78, 5) is 2.48.